The number of benzene rings is 1. The van der Waals surface area contributed by atoms with Crippen molar-refractivity contribution in [2.45, 2.75) is 25.3 Å². The first-order valence-electron chi connectivity index (χ1n) is 7.20. The van der Waals surface area contributed by atoms with E-state index in [-0.39, 0.29) is 11.5 Å². The number of nitrogens with one attached hydrogen (secondary N) is 1. The Morgan fingerprint density at radius 1 is 1.35 bits per heavy atom. The van der Waals surface area contributed by atoms with Crippen LogP contribution in [0.4, 0.5) is 11.6 Å². The smallest absolute Gasteiger partial charge is 0.269 e. The number of hydrogen-bond donors (Lipinski definition) is 1. The largest absolute Gasteiger partial charge is 0.326 e. The molecule has 0 radical (unpaired) electrons. The lowest BCUT2D eigenvalue weighted by atomic mass is 9.85. The second kappa shape index (κ2) is 4.97. The van der Waals surface area contributed by atoms with Gasteiger partial charge in [-0.25, -0.2) is 0 Å². The van der Waals surface area contributed by atoms with Gasteiger partial charge in [0, 0.05) is 29.8 Å². The van der Waals surface area contributed by atoms with Crippen molar-refractivity contribution >= 4 is 17.4 Å². The standard InChI is InChI=1S/C14H12N6O3/c21-11-6-2-5-10-12(11)13(19-14(15-10)16-17-18-19)8-3-1-4-9(7-8)20(22)23/h1,3-4,7,13H,2,5-6H2,(H,15,16,18)/t13-/m1/s1. The van der Waals surface area contributed by atoms with E-state index in [1.807, 2.05) is 0 Å². The number of nitro benzene ring substituents is 1. The summed E-state index contributed by atoms with van der Waals surface area (Å²) in [6.45, 7) is 0. The van der Waals surface area contributed by atoms with Gasteiger partial charge in [0.2, 0.25) is 5.95 Å². The number of anilines is 1. The maximum Gasteiger partial charge on any atom is 0.269 e. The van der Waals surface area contributed by atoms with Crippen LogP contribution in [0.25, 0.3) is 0 Å². The highest BCUT2D eigenvalue weighted by atomic mass is 16.6. The third kappa shape index (κ3) is 2.08. The molecule has 23 heavy (non-hydrogen) atoms. The quantitative estimate of drug-likeness (QED) is 0.661. The zero-order valence-corrected chi connectivity index (χ0v) is 12.0. The molecule has 0 spiro atoms. The van der Waals surface area contributed by atoms with Gasteiger partial charge in [0.15, 0.2) is 5.78 Å². The number of allylic oxidation sites excluding steroid dienone is 2. The number of non-ortho nitro benzene ring substituents is 1. The Kier molecular flexibility index (Phi) is 2.93. The van der Waals surface area contributed by atoms with Crippen LogP contribution in [0.3, 0.4) is 0 Å². The van der Waals surface area contributed by atoms with E-state index in [1.165, 1.54) is 16.8 Å². The summed E-state index contributed by atoms with van der Waals surface area (Å²) in [5.41, 5.74) is 2.00. The molecule has 0 unspecified atom stereocenters. The van der Waals surface area contributed by atoms with Crippen LogP contribution >= 0.6 is 0 Å². The van der Waals surface area contributed by atoms with Gasteiger partial charge in [-0.3, -0.25) is 14.9 Å². The maximum absolute atomic E-state index is 12.4. The van der Waals surface area contributed by atoms with E-state index in [1.54, 1.807) is 12.1 Å². The molecule has 1 N–H and O–H groups in total. The van der Waals surface area contributed by atoms with Crippen LogP contribution in [0.5, 0.6) is 0 Å². The summed E-state index contributed by atoms with van der Waals surface area (Å²) in [4.78, 5) is 23.0. The molecule has 0 fully saturated rings. The SMILES string of the molecule is O=C1CCCC2=C1[C@@H](c1cccc([N+](=O)[O-])c1)n1nnnc1N2. The molecule has 0 saturated carbocycles. The third-order valence-corrected chi connectivity index (χ3v) is 4.13. The highest BCUT2D eigenvalue weighted by Gasteiger charge is 2.36. The van der Waals surface area contributed by atoms with E-state index in [2.05, 4.69) is 20.8 Å². The Bertz CT molecular complexity index is 856. The van der Waals surface area contributed by atoms with Crippen molar-refractivity contribution in [2.24, 2.45) is 0 Å². The summed E-state index contributed by atoms with van der Waals surface area (Å²) in [6.07, 6.45) is 1.97. The predicted octanol–water partition coefficient (Wildman–Crippen LogP) is 1.60. The zero-order chi connectivity index (χ0) is 16.0. The van der Waals surface area contributed by atoms with Crippen molar-refractivity contribution in [1.82, 2.24) is 20.2 Å². The molecule has 9 nitrogen and oxygen atoms in total. The van der Waals surface area contributed by atoms with Crippen LogP contribution in [0.1, 0.15) is 30.9 Å². The highest BCUT2D eigenvalue weighted by molar-refractivity contribution is 5.99. The topological polar surface area (TPSA) is 116 Å². The van der Waals surface area contributed by atoms with Crippen molar-refractivity contribution in [3.8, 4) is 0 Å². The van der Waals surface area contributed by atoms with Gasteiger partial charge in [0.05, 0.1) is 4.92 Å². The number of ketones is 1. The van der Waals surface area contributed by atoms with Gasteiger partial charge >= 0.3 is 0 Å². The van der Waals surface area contributed by atoms with E-state index in [0.29, 0.717) is 23.5 Å². The molecule has 1 aliphatic heterocycles. The first kappa shape index (κ1) is 13.6. The number of Topliss-reactive ketones (excluding diaryl/α,β-unsaturated/α-hetero) is 1. The Hall–Kier alpha value is -3.10. The lowest BCUT2D eigenvalue weighted by molar-refractivity contribution is -0.384. The lowest BCUT2D eigenvalue weighted by Crippen LogP contribution is -2.31. The monoisotopic (exact) mass is 312 g/mol. The highest BCUT2D eigenvalue weighted by Crippen LogP contribution is 2.39. The summed E-state index contributed by atoms with van der Waals surface area (Å²) in [6, 6.07) is 5.70. The molecular weight excluding hydrogens is 300 g/mol. The number of nitro groups is 1. The zero-order valence-electron chi connectivity index (χ0n) is 12.0. The summed E-state index contributed by atoms with van der Waals surface area (Å²) in [5, 5.41) is 25.7. The Balaban J connectivity index is 1.91. The van der Waals surface area contributed by atoms with Gasteiger partial charge in [-0.15, -0.1) is 0 Å². The van der Waals surface area contributed by atoms with Crippen molar-refractivity contribution < 1.29 is 9.72 Å². The lowest BCUT2D eigenvalue weighted by Gasteiger charge is -2.31. The fraction of sp³-hybridized carbons (Fsp3) is 0.286. The molecule has 1 aromatic carbocycles. The number of nitrogens with zero attached hydrogens (tertiary/aromatic N) is 5. The molecule has 1 aliphatic carbocycles. The maximum atomic E-state index is 12.4. The molecule has 4 rings (SSSR count). The van der Waals surface area contributed by atoms with Crippen LogP contribution < -0.4 is 5.32 Å². The van der Waals surface area contributed by atoms with E-state index in [9.17, 15) is 14.9 Å². The second-order valence-electron chi connectivity index (χ2n) is 5.50. The Labute approximate surface area is 130 Å². The first-order valence-corrected chi connectivity index (χ1v) is 7.20. The van der Waals surface area contributed by atoms with E-state index in [0.717, 1.165) is 18.5 Å². The van der Waals surface area contributed by atoms with Crippen LogP contribution in [0, 0.1) is 10.1 Å². The number of rotatable bonds is 2. The molecule has 2 aliphatic rings. The number of carbonyl (C=O) groups excluding carboxylic acids is 1. The van der Waals surface area contributed by atoms with E-state index in [4.69, 9.17) is 0 Å². The molecule has 0 bridgehead atoms. The van der Waals surface area contributed by atoms with Gasteiger partial charge < -0.3 is 5.32 Å². The average Bonchev–Trinajstić information content (AvgIpc) is 3.01. The van der Waals surface area contributed by atoms with Crippen LogP contribution in [0.2, 0.25) is 0 Å². The number of aromatic nitrogens is 4. The van der Waals surface area contributed by atoms with E-state index < -0.39 is 11.0 Å². The van der Waals surface area contributed by atoms with Crippen molar-refractivity contribution in [1.29, 1.82) is 0 Å². The summed E-state index contributed by atoms with van der Waals surface area (Å²) in [5.74, 6) is 0.464. The van der Waals surface area contributed by atoms with Gasteiger partial charge in [-0.2, -0.15) is 4.68 Å². The molecule has 1 atom stereocenters. The van der Waals surface area contributed by atoms with Crippen LogP contribution in [0.15, 0.2) is 35.5 Å². The molecule has 2 heterocycles. The molecule has 0 saturated heterocycles. The number of tetrazole rings is 1. The first-order chi connectivity index (χ1) is 11.1. The summed E-state index contributed by atoms with van der Waals surface area (Å²) >= 11 is 0. The number of carbonyl (C=O) groups is 1. The molecular formula is C14H12N6O3. The Morgan fingerprint density at radius 2 is 2.22 bits per heavy atom. The third-order valence-electron chi connectivity index (χ3n) is 4.13. The van der Waals surface area contributed by atoms with Gasteiger partial charge in [0.1, 0.15) is 6.04 Å². The van der Waals surface area contributed by atoms with Crippen LogP contribution in [-0.2, 0) is 4.79 Å². The van der Waals surface area contributed by atoms with Crippen molar-refractivity contribution in [3.63, 3.8) is 0 Å². The van der Waals surface area contributed by atoms with Crippen LogP contribution in [-0.4, -0.2) is 30.9 Å². The molecule has 0 amide bonds. The predicted molar refractivity (Wildman–Crippen MR) is 78.6 cm³/mol. The number of hydrogen-bond acceptors (Lipinski definition) is 7. The molecule has 2 aromatic rings. The second-order valence-corrected chi connectivity index (χ2v) is 5.50. The summed E-state index contributed by atoms with van der Waals surface area (Å²) in [7, 11) is 0. The molecule has 116 valence electrons. The van der Waals surface area contributed by atoms with Gasteiger partial charge in [-0.1, -0.05) is 17.2 Å². The fourth-order valence-electron chi connectivity index (χ4n) is 3.13. The minimum atomic E-state index is -0.538. The Morgan fingerprint density at radius 3 is 3.04 bits per heavy atom. The molecule has 1 aromatic heterocycles. The van der Waals surface area contributed by atoms with Gasteiger partial charge in [0.25, 0.3) is 5.69 Å². The van der Waals surface area contributed by atoms with Crippen molar-refractivity contribution in [2.75, 3.05) is 5.32 Å². The number of fused-ring (bicyclic) bond motifs is 1. The fourth-order valence-corrected chi connectivity index (χ4v) is 3.13. The average molecular weight is 312 g/mol. The molecule has 9 heteroatoms. The summed E-state index contributed by atoms with van der Waals surface area (Å²) < 4.78 is 1.50. The van der Waals surface area contributed by atoms with Gasteiger partial charge in [-0.05, 0) is 28.8 Å². The van der Waals surface area contributed by atoms with Crippen molar-refractivity contribution in [3.05, 3.63) is 51.2 Å². The normalized spacial score (nSPS) is 19.8. The minimum Gasteiger partial charge on any atom is -0.326 e. The minimum absolute atomic E-state index is 0.0245. The van der Waals surface area contributed by atoms with E-state index >= 15 is 0 Å².